The van der Waals surface area contributed by atoms with E-state index in [-0.39, 0.29) is 18.0 Å². The SMILES string of the molecule is CSCC[C@H](NC(=O)[C@H]1Cc2ccccc2CN1C[C@@H](NC[C@@H](N)CS)C(C)C)C(=O)O. The zero-order valence-corrected chi connectivity index (χ0v) is 21.0. The predicted octanol–water partition coefficient (Wildman–Crippen LogP) is 1.61. The monoisotopic (exact) mass is 482 g/mol. The molecule has 1 heterocycles. The van der Waals surface area contributed by atoms with Crippen LogP contribution >= 0.6 is 24.4 Å². The number of thioether (sulfide) groups is 1. The molecule has 0 fully saturated rings. The standard InChI is InChI=1S/C23H38N4O3S2/c1-15(2)20(25-11-18(24)14-31)13-27-12-17-7-5-4-6-16(17)10-21(27)22(28)26-19(23(29)30)8-9-32-3/h4-7,15,18-21,25,31H,8-14,24H2,1-3H3,(H,26,28)(H,29,30)/t18-,19+,20-,21-/m1/s1. The van der Waals surface area contributed by atoms with Crippen molar-refractivity contribution in [3.63, 3.8) is 0 Å². The molecule has 9 heteroatoms. The summed E-state index contributed by atoms with van der Waals surface area (Å²) >= 11 is 5.84. The van der Waals surface area contributed by atoms with Crippen molar-refractivity contribution in [1.29, 1.82) is 0 Å². The first kappa shape index (κ1) is 27.0. The molecule has 0 spiro atoms. The first-order valence-electron chi connectivity index (χ1n) is 11.2. The van der Waals surface area contributed by atoms with Gasteiger partial charge in [-0.25, -0.2) is 4.79 Å². The number of rotatable bonds is 13. The molecular formula is C23H38N4O3S2. The minimum Gasteiger partial charge on any atom is -0.480 e. The molecule has 1 aliphatic heterocycles. The van der Waals surface area contributed by atoms with Crippen molar-refractivity contribution in [2.24, 2.45) is 11.7 Å². The lowest BCUT2D eigenvalue weighted by Crippen LogP contribution is -2.57. The van der Waals surface area contributed by atoms with Crippen LogP contribution in [0.25, 0.3) is 0 Å². The van der Waals surface area contributed by atoms with Crippen LogP contribution in [0.5, 0.6) is 0 Å². The second-order valence-corrected chi connectivity index (χ2v) is 10.2. The Morgan fingerprint density at radius 3 is 2.59 bits per heavy atom. The number of hydrogen-bond donors (Lipinski definition) is 5. The molecule has 1 amide bonds. The molecule has 5 N–H and O–H groups in total. The quantitative estimate of drug-likeness (QED) is 0.272. The van der Waals surface area contributed by atoms with E-state index in [1.807, 2.05) is 18.4 Å². The van der Waals surface area contributed by atoms with Crippen LogP contribution in [0.4, 0.5) is 0 Å². The van der Waals surface area contributed by atoms with Crippen LogP contribution in [0.3, 0.4) is 0 Å². The molecule has 1 aromatic carbocycles. The van der Waals surface area contributed by atoms with Crippen molar-refractivity contribution in [3.05, 3.63) is 35.4 Å². The molecule has 0 saturated heterocycles. The summed E-state index contributed by atoms with van der Waals surface area (Å²) < 4.78 is 0. The van der Waals surface area contributed by atoms with Crippen molar-refractivity contribution < 1.29 is 14.7 Å². The zero-order chi connectivity index (χ0) is 23.7. The van der Waals surface area contributed by atoms with Gasteiger partial charge in [0.05, 0.1) is 6.04 Å². The van der Waals surface area contributed by atoms with Gasteiger partial charge in [0.1, 0.15) is 6.04 Å². The Morgan fingerprint density at radius 1 is 1.31 bits per heavy atom. The van der Waals surface area contributed by atoms with Gasteiger partial charge in [0.15, 0.2) is 0 Å². The van der Waals surface area contributed by atoms with Crippen LogP contribution in [0, 0.1) is 5.92 Å². The van der Waals surface area contributed by atoms with E-state index in [1.165, 1.54) is 5.56 Å². The molecule has 7 nitrogen and oxygen atoms in total. The number of nitrogens with two attached hydrogens (primary N) is 1. The minimum absolute atomic E-state index is 0.0338. The summed E-state index contributed by atoms with van der Waals surface area (Å²) in [5.74, 6) is 0.419. The van der Waals surface area contributed by atoms with E-state index in [0.717, 1.165) is 5.56 Å². The fraction of sp³-hybridized carbons (Fsp3) is 0.652. The Morgan fingerprint density at radius 2 is 2.00 bits per heavy atom. The topological polar surface area (TPSA) is 108 Å². The van der Waals surface area contributed by atoms with Gasteiger partial charge >= 0.3 is 5.97 Å². The molecule has 0 bridgehead atoms. The fourth-order valence-electron chi connectivity index (χ4n) is 3.92. The molecule has 2 rings (SSSR count). The average Bonchev–Trinajstić information content (AvgIpc) is 2.77. The number of fused-ring (bicyclic) bond motifs is 1. The summed E-state index contributed by atoms with van der Waals surface area (Å²) in [5, 5.41) is 15.9. The molecule has 180 valence electrons. The number of carbonyl (C=O) groups excluding carboxylic acids is 1. The van der Waals surface area contributed by atoms with Crippen LogP contribution in [0.15, 0.2) is 24.3 Å². The van der Waals surface area contributed by atoms with Gasteiger partial charge in [0.25, 0.3) is 0 Å². The molecule has 0 aromatic heterocycles. The average molecular weight is 483 g/mol. The smallest absolute Gasteiger partial charge is 0.326 e. The fourth-order valence-corrected chi connectivity index (χ4v) is 4.52. The molecule has 0 saturated carbocycles. The molecular weight excluding hydrogens is 444 g/mol. The van der Waals surface area contributed by atoms with E-state index in [4.69, 9.17) is 5.73 Å². The largest absolute Gasteiger partial charge is 0.480 e. The second kappa shape index (κ2) is 13.4. The summed E-state index contributed by atoms with van der Waals surface area (Å²) in [6.45, 7) is 6.29. The summed E-state index contributed by atoms with van der Waals surface area (Å²) in [5.41, 5.74) is 8.40. The van der Waals surface area contributed by atoms with Crippen LogP contribution in [-0.2, 0) is 22.6 Å². The highest BCUT2D eigenvalue weighted by atomic mass is 32.2. The van der Waals surface area contributed by atoms with Crippen molar-refractivity contribution in [2.45, 2.75) is 57.4 Å². The van der Waals surface area contributed by atoms with Crippen molar-refractivity contribution in [2.75, 3.05) is 30.9 Å². The number of nitrogens with zero attached hydrogens (tertiary/aromatic N) is 1. The normalized spacial score (nSPS) is 19.2. The lowest BCUT2D eigenvalue weighted by molar-refractivity contribution is -0.143. The number of hydrogen-bond acceptors (Lipinski definition) is 7. The highest BCUT2D eigenvalue weighted by Crippen LogP contribution is 2.24. The first-order valence-corrected chi connectivity index (χ1v) is 13.2. The highest BCUT2D eigenvalue weighted by Gasteiger charge is 2.35. The summed E-state index contributed by atoms with van der Waals surface area (Å²) in [6.07, 6.45) is 2.90. The first-order chi connectivity index (χ1) is 15.3. The lowest BCUT2D eigenvalue weighted by Gasteiger charge is -2.39. The van der Waals surface area contributed by atoms with E-state index in [0.29, 0.717) is 49.9 Å². The van der Waals surface area contributed by atoms with E-state index in [1.54, 1.807) is 11.8 Å². The summed E-state index contributed by atoms with van der Waals surface area (Å²) in [4.78, 5) is 27.1. The van der Waals surface area contributed by atoms with Gasteiger partial charge in [0, 0.05) is 37.5 Å². The molecule has 0 aliphatic carbocycles. The Hall–Kier alpha value is -1.26. The van der Waals surface area contributed by atoms with Crippen molar-refractivity contribution >= 4 is 36.3 Å². The van der Waals surface area contributed by atoms with Gasteiger partial charge in [-0.1, -0.05) is 38.1 Å². The third-order valence-corrected chi connectivity index (χ3v) is 7.10. The Kier molecular flexibility index (Phi) is 11.3. The van der Waals surface area contributed by atoms with Crippen LogP contribution < -0.4 is 16.4 Å². The molecule has 0 unspecified atom stereocenters. The molecule has 4 atom stereocenters. The van der Waals surface area contributed by atoms with E-state index >= 15 is 0 Å². The van der Waals surface area contributed by atoms with Crippen molar-refractivity contribution in [1.82, 2.24) is 15.5 Å². The number of benzene rings is 1. The van der Waals surface area contributed by atoms with Gasteiger partial charge in [-0.2, -0.15) is 24.4 Å². The molecule has 1 aromatic rings. The predicted molar refractivity (Wildman–Crippen MR) is 135 cm³/mol. The van der Waals surface area contributed by atoms with Gasteiger partial charge in [-0.05, 0) is 41.9 Å². The lowest BCUT2D eigenvalue weighted by atomic mass is 9.91. The number of thiol groups is 1. The molecule has 0 radical (unpaired) electrons. The molecule has 1 aliphatic rings. The maximum atomic E-state index is 13.3. The second-order valence-electron chi connectivity index (χ2n) is 8.80. The van der Waals surface area contributed by atoms with Gasteiger partial charge < -0.3 is 21.5 Å². The van der Waals surface area contributed by atoms with E-state index < -0.39 is 18.1 Å². The van der Waals surface area contributed by atoms with Gasteiger partial charge in [-0.15, -0.1) is 0 Å². The minimum atomic E-state index is -0.988. The Balaban J connectivity index is 2.20. The van der Waals surface area contributed by atoms with Crippen molar-refractivity contribution in [3.8, 4) is 0 Å². The van der Waals surface area contributed by atoms with E-state index in [2.05, 4.69) is 54.1 Å². The Labute approximate surface area is 201 Å². The van der Waals surface area contributed by atoms with Crippen LogP contribution in [0.2, 0.25) is 0 Å². The maximum absolute atomic E-state index is 13.3. The number of carboxylic acid groups (broad SMARTS) is 1. The van der Waals surface area contributed by atoms with E-state index in [9.17, 15) is 14.7 Å². The highest BCUT2D eigenvalue weighted by molar-refractivity contribution is 7.98. The summed E-state index contributed by atoms with van der Waals surface area (Å²) in [7, 11) is 0. The maximum Gasteiger partial charge on any atom is 0.326 e. The summed E-state index contributed by atoms with van der Waals surface area (Å²) in [6, 6.07) is 6.98. The third kappa shape index (κ3) is 7.95. The molecule has 32 heavy (non-hydrogen) atoms. The van der Waals surface area contributed by atoms with Gasteiger partial charge in [-0.3, -0.25) is 9.69 Å². The van der Waals surface area contributed by atoms with Crippen LogP contribution in [0.1, 0.15) is 31.4 Å². The number of amides is 1. The third-order valence-electron chi connectivity index (χ3n) is 5.99. The van der Waals surface area contributed by atoms with Gasteiger partial charge in [0.2, 0.25) is 5.91 Å². The number of carboxylic acids is 1. The van der Waals surface area contributed by atoms with Crippen LogP contribution in [-0.4, -0.2) is 76.9 Å². The number of nitrogens with one attached hydrogen (secondary N) is 2. The number of carbonyl (C=O) groups is 2. The number of aliphatic carboxylic acids is 1. The Bertz CT molecular complexity index is 750. The zero-order valence-electron chi connectivity index (χ0n) is 19.3.